The van der Waals surface area contributed by atoms with Crippen molar-refractivity contribution in [1.82, 2.24) is 4.98 Å². The maximum atomic E-state index is 13.1. The second-order valence-corrected chi connectivity index (χ2v) is 5.36. The number of halogens is 1. The van der Waals surface area contributed by atoms with Crippen LogP contribution < -0.4 is 0 Å². The summed E-state index contributed by atoms with van der Waals surface area (Å²) in [5.74, 6) is -0.565. The lowest BCUT2D eigenvalue weighted by Crippen LogP contribution is -2.05. The fourth-order valence-electron chi connectivity index (χ4n) is 2.82. The lowest BCUT2D eigenvalue weighted by molar-refractivity contribution is 0.103. The molecular formula is C20H12FNO. The number of carbonyl (C=O) groups is 1. The van der Waals surface area contributed by atoms with Crippen molar-refractivity contribution in [2.45, 2.75) is 0 Å². The Morgan fingerprint density at radius 2 is 1.35 bits per heavy atom. The van der Waals surface area contributed by atoms with Gasteiger partial charge in [-0.25, -0.2) is 9.37 Å². The van der Waals surface area contributed by atoms with Crippen LogP contribution in [0.15, 0.2) is 72.8 Å². The Balaban J connectivity index is 2.01. The van der Waals surface area contributed by atoms with Gasteiger partial charge in [-0.2, -0.15) is 0 Å². The molecule has 0 bridgehead atoms. The molecule has 3 heteroatoms. The molecule has 4 aromatic rings. The van der Waals surface area contributed by atoms with Crippen molar-refractivity contribution in [3.05, 3.63) is 89.9 Å². The molecule has 0 fully saturated rings. The molecule has 0 spiro atoms. The third-order valence-corrected chi connectivity index (χ3v) is 3.93. The summed E-state index contributed by atoms with van der Waals surface area (Å²) >= 11 is 0. The number of para-hydroxylation sites is 1. The zero-order valence-corrected chi connectivity index (χ0v) is 12.2. The molecule has 0 radical (unpaired) electrons. The molecule has 1 heterocycles. The Morgan fingerprint density at radius 3 is 2.09 bits per heavy atom. The third-order valence-electron chi connectivity index (χ3n) is 3.93. The first-order chi connectivity index (χ1) is 11.2. The molecule has 0 atom stereocenters. The maximum Gasteiger partial charge on any atom is 0.212 e. The fourth-order valence-corrected chi connectivity index (χ4v) is 2.82. The Labute approximate surface area is 132 Å². The Bertz CT molecular complexity index is 1040. The van der Waals surface area contributed by atoms with Gasteiger partial charge >= 0.3 is 0 Å². The topological polar surface area (TPSA) is 30.0 Å². The van der Waals surface area contributed by atoms with Crippen LogP contribution in [0, 0.1) is 5.82 Å². The predicted octanol–water partition coefficient (Wildman–Crippen LogP) is 4.76. The maximum absolute atomic E-state index is 13.1. The van der Waals surface area contributed by atoms with E-state index < -0.39 is 0 Å². The number of aromatic nitrogens is 1. The molecule has 0 aliphatic carbocycles. The van der Waals surface area contributed by atoms with Gasteiger partial charge in [-0.1, -0.05) is 42.5 Å². The number of hydrogen-bond acceptors (Lipinski definition) is 2. The highest BCUT2D eigenvalue weighted by Crippen LogP contribution is 2.27. The average molecular weight is 301 g/mol. The zero-order valence-electron chi connectivity index (χ0n) is 12.2. The smallest absolute Gasteiger partial charge is 0.212 e. The van der Waals surface area contributed by atoms with Crippen molar-refractivity contribution in [2.75, 3.05) is 0 Å². The Kier molecular flexibility index (Phi) is 3.12. The first kappa shape index (κ1) is 13.6. The van der Waals surface area contributed by atoms with Crippen molar-refractivity contribution < 1.29 is 9.18 Å². The first-order valence-electron chi connectivity index (χ1n) is 7.32. The van der Waals surface area contributed by atoms with Crippen molar-refractivity contribution in [1.29, 1.82) is 0 Å². The highest BCUT2D eigenvalue weighted by atomic mass is 19.1. The van der Waals surface area contributed by atoms with E-state index in [1.807, 2.05) is 48.5 Å². The van der Waals surface area contributed by atoms with Crippen molar-refractivity contribution in [3.63, 3.8) is 0 Å². The minimum absolute atomic E-state index is 0.202. The molecule has 0 saturated carbocycles. The number of carbonyl (C=O) groups excluding carboxylic acids is 1. The summed E-state index contributed by atoms with van der Waals surface area (Å²) in [6.45, 7) is 0. The van der Waals surface area contributed by atoms with E-state index in [4.69, 9.17) is 0 Å². The molecule has 0 amide bonds. The molecule has 2 nitrogen and oxygen atoms in total. The van der Waals surface area contributed by atoms with Crippen LogP contribution >= 0.6 is 0 Å². The predicted molar refractivity (Wildman–Crippen MR) is 89.1 cm³/mol. The molecular weight excluding hydrogens is 289 g/mol. The molecule has 110 valence electrons. The van der Waals surface area contributed by atoms with Gasteiger partial charge in [0.2, 0.25) is 5.78 Å². The number of hydrogen-bond donors (Lipinski definition) is 0. The van der Waals surface area contributed by atoms with Crippen LogP contribution in [0.4, 0.5) is 4.39 Å². The van der Waals surface area contributed by atoms with Gasteiger partial charge in [0, 0.05) is 16.3 Å². The number of fused-ring (bicyclic) bond motifs is 3. The van der Waals surface area contributed by atoms with Gasteiger partial charge in [0.25, 0.3) is 0 Å². The van der Waals surface area contributed by atoms with E-state index in [0.717, 1.165) is 21.7 Å². The van der Waals surface area contributed by atoms with Crippen molar-refractivity contribution >= 4 is 27.5 Å². The molecule has 0 unspecified atom stereocenters. The van der Waals surface area contributed by atoms with Crippen LogP contribution in [0.25, 0.3) is 21.7 Å². The van der Waals surface area contributed by atoms with Gasteiger partial charge in [-0.15, -0.1) is 0 Å². The van der Waals surface area contributed by atoms with Crippen molar-refractivity contribution in [2.24, 2.45) is 0 Å². The summed E-state index contributed by atoms with van der Waals surface area (Å²) in [5, 5.41) is 2.81. The molecule has 0 aliphatic heterocycles. The van der Waals surface area contributed by atoms with Crippen LogP contribution in [0.5, 0.6) is 0 Å². The van der Waals surface area contributed by atoms with E-state index in [1.54, 1.807) is 0 Å². The summed E-state index contributed by atoms with van der Waals surface area (Å²) in [5.41, 5.74) is 1.60. The zero-order chi connectivity index (χ0) is 15.8. The standard InChI is InChI=1S/C20H12FNO/c21-14-11-9-13(10-12-14)20(23)19-17-7-2-1-5-15(17)16-6-3-4-8-18(16)22-19/h1-12H. The molecule has 4 rings (SSSR count). The summed E-state index contributed by atoms with van der Waals surface area (Å²) in [6, 6.07) is 21.0. The van der Waals surface area contributed by atoms with Crippen LogP contribution in [0.3, 0.4) is 0 Å². The summed E-state index contributed by atoms with van der Waals surface area (Å²) in [4.78, 5) is 17.4. The summed E-state index contributed by atoms with van der Waals surface area (Å²) in [6.07, 6.45) is 0. The number of nitrogens with zero attached hydrogens (tertiary/aromatic N) is 1. The minimum Gasteiger partial charge on any atom is -0.287 e. The SMILES string of the molecule is O=C(c1ccc(F)cc1)c1nc2ccccc2c2ccccc12. The largest absolute Gasteiger partial charge is 0.287 e. The van der Waals surface area contributed by atoms with E-state index in [0.29, 0.717) is 11.3 Å². The lowest BCUT2D eigenvalue weighted by Gasteiger charge is -2.09. The van der Waals surface area contributed by atoms with E-state index >= 15 is 0 Å². The number of ketones is 1. The number of rotatable bonds is 2. The molecule has 23 heavy (non-hydrogen) atoms. The van der Waals surface area contributed by atoms with Gasteiger partial charge in [0.05, 0.1) is 5.52 Å². The first-order valence-corrected chi connectivity index (χ1v) is 7.32. The lowest BCUT2D eigenvalue weighted by atomic mass is 9.99. The van der Waals surface area contributed by atoms with Crippen LogP contribution in [0.1, 0.15) is 16.1 Å². The van der Waals surface area contributed by atoms with E-state index in [-0.39, 0.29) is 11.6 Å². The molecule has 0 aliphatic rings. The molecule has 3 aromatic carbocycles. The van der Waals surface area contributed by atoms with Gasteiger partial charge in [0.1, 0.15) is 11.5 Å². The Morgan fingerprint density at radius 1 is 0.739 bits per heavy atom. The van der Waals surface area contributed by atoms with Crippen LogP contribution in [0.2, 0.25) is 0 Å². The normalized spacial score (nSPS) is 11.0. The second kappa shape index (κ2) is 5.29. The quantitative estimate of drug-likeness (QED) is 0.395. The molecule has 1 aromatic heterocycles. The number of benzene rings is 3. The fraction of sp³-hybridized carbons (Fsp3) is 0. The summed E-state index contributed by atoms with van der Waals surface area (Å²) in [7, 11) is 0. The van der Waals surface area contributed by atoms with Gasteiger partial charge in [0.15, 0.2) is 0 Å². The second-order valence-electron chi connectivity index (χ2n) is 5.36. The summed E-state index contributed by atoms with van der Waals surface area (Å²) < 4.78 is 13.1. The van der Waals surface area contributed by atoms with Crippen LogP contribution in [-0.4, -0.2) is 10.8 Å². The van der Waals surface area contributed by atoms with Gasteiger partial charge < -0.3 is 0 Å². The van der Waals surface area contributed by atoms with E-state index in [1.165, 1.54) is 24.3 Å². The van der Waals surface area contributed by atoms with Gasteiger partial charge in [-0.05, 0) is 35.7 Å². The highest BCUT2D eigenvalue weighted by Gasteiger charge is 2.16. The van der Waals surface area contributed by atoms with E-state index in [2.05, 4.69) is 4.98 Å². The Hall–Kier alpha value is -3.07. The van der Waals surface area contributed by atoms with Crippen LogP contribution in [-0.2, 0) is 0 Å². The van der Waals surface area contributed by atoms with Crippen molar-refractivity contribution in [3.8, 4) is 0 Å². The minimum atomic E-state index is -0.363. The van der Waals surface area contributed by atoms with E-state index in [9.17, 15) is 9.18 Å². The highest BCUT2D eigenvalue weighted by molar-refractivity contribution is 6.19. The molecule has 0 saturated heterocycles. The number of pyridine rings is 1. The average Bonchev–Trinajstić information content (AvgIpc) is 2.61. The molecule has 0 N–H and O–H groups in total. The van der Waals surface area contributed by atoms with Gasteiger partial charge in [-0.3, -0.25) is 4.79 Å². The monoisotopic (exact) mass is 301 g/mol. The third kappa shape index (κ3) is 2.27.